The monoisotopic (exact) mass is 239 g/mol. The van der Waals surface area contributed by atoms with Gasteiger partial charge in [-0.3, -0.25) is 9.59 Å². The van der Waals surface area contributed by atoms with Gasteiger partial charge in [-0.25, -0.2) is 0 Å². The number of hydrogen-bond acceptors (Lipinski definition) is 4. The zero-order valence-corrected chi connectivity index (χ0v) is 9.86. The molecule has 0 spiro atoms. The van der Waals surface area contributed by atoms with Crippen LogP contribution in [-0.4, -0.2) is 55.6 Å². The van der Waals surface area contributed by atoms with Crippen LogP contribution in [0.1, 0.15) is 6.92 Å². The van der Waals surface area contributed by atoms with E-state index in [9.17, 15) is 9.59 Å². The van der Waals surface area contributed by atoms with Crippen molar-refractivity contribution in [3.8, 4) is 0 Å². The first-order chi connectivity index (χ1) is 8.11. The summed E-state index contributed by atoms with van der Waals surface area (Å²) < 4.78 is 5.18. The smallest absolute Gasteiger partial charge is 0.250 e. The second kappa shape index (κ2) is 4.85. The first-order valence-electron chi connectivity index (χ1n) is 5.68. The number of rotatable bonds is 2. The van der Waals surface area contributed by atoms with E-state index < -0.39 is 11.9 Å². The average molecular weight is 239 g/mol. The molecule has 2 heterocycles. The third kappa shape index (κ3) is 2.32. The van der Waals surface area contributed by atoms with Gasteiger partial charge < -0.3 is 20.7 Å². The van der Waals surface area contributed by atoms with Crippen molar-refractivity contribution in [2.24, 2.45) is 5.73 Å². The van der Waals surface area contributed by atoms with E-state index in [4.69, 9.17) is 10.5 Å². The minimum absolute atomic E-state index is 0.103. The first kappa shape index (κ1) is 12.1. The summed E-state index contributed by atoms with van der Waals surface area (Å²) in [5.41, 5.74) is 7.10. The Bertz CT molecular complexity index is 372. The first-order valence-corrected chi connectivity index (χ1v) is 5.68. The fraction of sp³-hybridized carbons (Fsp3) is 0.636. The lowest BCUT2D eigenvalue weighted by atomic mass is 10.0. The second-order valence-electron chi connectivity index (χ2n) is 4.32. The third-order valence-corrected chi connectivity index (χ3v) is 3.25. The molecule has 3 N–H and O–H groups in total. The van der Waals surface area contributed by atoms with E-state index in [1.54, 1.807) is 6.92 Å². The van der Waals surface area contributed by atoms with Crippen LogP contribution in [0.15, 0.2) is 11.1 Å². The maximum absolute atomic E-state index is 12.2. The zero-order valence-electron chi connectivity index (χ0n) is 9.86. The number of carbonyl (C=O) groups is 2. The van der Waals surface area contributed by atoms with E-state index in [0.29, 0.717) is 13.2 Å². The Balaban J connectivity index is 2.13. The van der Waals surface area contributed by atoms with Crippen LogP contribution in [-0.2, 0) is 14.3 Å². The molecule has 0 aromatic carbocycles. The van der Waals surface area contributed by atoms with Gasteiger partial charge in [0, 0.05) is 25.2 Å². The number of hydrogen-bond donors (Lipinski definition) is 2. The summed E-state index contributed by atoms with van der Waals surface area (Å²) in [6, 6.07) is -0.639. The second-order valence-corrected chi connectivity index (χ2v) is 4.32. The number of amides is 2. The molecule has 2 rings (SSSR count). The molecule has 0 aliphatic carbocycles. The summed E-state index contributed by atoms with van der Waals surface area (Å²) in [5.74, 6) is -0.615. The molecule has 6 nitrogen and oxygen atoms in total. The van der Waals surface area contributed by atoms with Crippen molar-refractivity contribution in [1.29, 1.82) is 0 Å². The molecule has 0 aromatic heterocycles. The van der Waals surface area contributed by atoms with Crippen LogP contribution in [0.2, 0.25) is 0 Å². The fourth-order valence-corrected chi connectivity index (χ4v) is 1.96. The summed E-state index contributed by atoms with van der Waals surface area (Å²) >= 11 is 0. The number of ether oxygens (including phenoxy) is 1. The molecule has 0 radical (unpaired) electrons. The molecule has 6 heteroatoms. The molecule has 2 aliphatic heterocycles. The lowest BCUT2D eigenvalue weighted by Crippen LogP contribution is -2.55. The number of nitrogens with one attached hydrogen (secondary N) is 1. The number of morpholine rings is 1. The van der Waals surface area contributed by atoms with Crippen molar-refractivity contribution in [1.82, 2.24) is 10.2 Å². The zero-order chi connectivity index (χ0) is 12.4. The van der Waals surface area contributed by atoms with Gasteiger partial charge in [-0.2, -0.15) is 0 Å². The molecule has 0 saturated carbocycles. The molecule has 1 unspecified atom stereocenters. The predicted octanol–water partition coefficient (Wildman–Crippen LogP) is -1.38. The number of nitrogens with zero attached hydrogens (tertiary/aromatic N) is 1. The summed E-state index contributed by atoms with van der Waals surface area (Å²) in [6.07, 6.45) is 0. The molecule has 2 saturated heterocycles. The topological polar surface area (TPSA) is 84.7 Å². The van der Waals surface area contributed by atoms with E-state index in [1.165, 1.54) is 4.90 Å². The Kier molecular flexibility index (Phi) is 3.44. The van der Waals surface area contributed by atoms with Gasteiger partial charge in [0.1, 0.15) is 6.04 Å². The van der Waals surface area contributed by atoms with Gasteiger partial charge in [-0.15, -0.1) is 0 Å². The van der Waals surface area contributed by atoms with Crippen LogP contribution in [0.4, 0.5) is 0 Å². The molecule has 2 aliphatic rings. The lowest BCUT2D eigenvalue weighted by Gasteiger charge is -2.35. The van der Waals surface area contributed by atoms with E-state index >= 15 is 0 Å². The Labute approximate surface area is 99.8 Å². The van der Waals surface area contributed by atoms with Crippen molar-refractivity contribution in [3.05, 3.63) is 11.1 Å². The molecular formula is C11H17N3O3. The van der Waals surface area contributed by atoms with E-state index in [0.717, 1.165) is 24.2 Å². The quantitative estimate of drug-likeness (QED) is 0.582. The van der Waals surface area contributed by atoms with Crippen LogP contribution in [0.25, 0.3) is 0 Å². The van der Waals surface area contributed by atoms with Crippen molar-refractivity contribution in [3.63, 3.8) is 0 Å². The highest BCUT2D eigenvalue weighted by atomic mass is 16.5. The largest absolute Gasteiger partial charge is 0.377 e. The van der Waals surface area contributed by atoms with E-state index in [1.807, 2.05) is 0 Å². The van der Waals surface area contributed by atoms with Gasteiger partial charge in [-0.1, -0.05) is 0 Å². The van der Waals surface area contributed by atoms with Gasteiger partial charge in [0.25, 0.3) is 0 Å². The lowest BCUT2D eigenvalue weighted by molar-refractivity contribution is -0.144. The Morgan fingerprint density at radius 2 is 2.18 bits per heavy atom. The molecule has 17 heavy (non-hydrogen) atoms. The number of primary amides is 1. The van der Waals surface area contributed by atoms with E-state index in [2.05, 4.69) is 5.32 Å². The molecule has 94 valence electrons. The maximum Gasteiger partial charge on any atom is 0.250 e. The summed E-state index contributed by atoms with van der Waals surface area (Å²) in [5, 5.41) is 3.09. The molecule has 0 aromatic rings. The highest BCUT2D eigenvalue weighted by Gasteiger charge is 2.32. The predicted molar refractivity (Wildman–Crippen MR) is 61.1 cm³/mol. The van der Waals surface area contributed by atoms with Crippen molar-refractivity contribution in [2.75, 3.05) is 32.8 Å². The normalized spacial score (nSPS) is 24.2. The molecule has 2 fully saturated rings. The van der Waals surface area contributed by atoms with Crippen molar-refractivity contribution < 1.29 is 14.3 Å². The molecule has 0 bridgehead atoms. The highest BCUT2D eigenvalue weighted by molar-refractivity contribution is 5.97. The number of nitrogens with two attached hydrogens (primary N) is 1. The van der Waals surface area contributed by atoms with Gasteiger partial charge in [0.05, 0.1) is 13.2 Å². The van der Waals surface area contributed by atoms with Gasteiger partial charge in [0.2, 0.25) is 11.8 Å². The van der Waals surface area contributed by atoms with Crippen LogP contribution in [0, 0.1) is 0 Å². The summed E-state index contributed by atoms with van der Waals surface area (Å²) in [7, 11) is 0. The van der Waals surface area contributed by atoms with Gasteiger partial charge in [-0.05, 0) is 12.5 Å². The minimum atomic E-state index is -0.639. The maximum atomic E-state index is 12.2. The highest BCUT2D eigenvalue weighted by Crippen LogP contribution is 2.15. The Hall–Kier alpha value is -1.40. The Morgan fingerprint density at radius 1 is 1.47 bits per heavy atom. The van der Waals surface area contributed by atoms with Gasteiger partial charge in [0.15, 0.2) is 0 Å². The van der Waals surface area contributed by atoms with Gasteiger partial charge >= 0.3 is 0 Å². The van der Waals surface area contributed by atoms with Crippen LogP contribution < -0.4 is 11.1 Å². The van der Waals surface area contributed by atoms with E-state index in [-0.39, 0.29) is 12.5 Å². The standard InChI is InChI=1S/C11H17N3O3/c1-7(8-4-13-5-8)11(16)14-2-3-17-6-9(14)10(12)15/h9,13H,2-6H2,1H3,(H2,12,15). The van der Waals surface area contributed by atoms with Crippen LogP contribution >= 0.6 is 0 Å². The van der Waals surface area contributed by atoms with Crippen molar-refractivity contribution >= 4 is 11.8 Å². The minimum Gasteiger partial charge on any atom is -0.377 e. The third-order valence-electron chi connectivity index (χ3n) is 3.25. The molecule has 1 atom stereocenters. The van der Waals surface area contributed by atoms with Crippen LogP contribution in [0.3, 0.4) is 0 Å². The fourth-order valence-electron chi connectivity index (χ4n) is 1.96. The SMILES string of the molecule is CC(C(=O)N1CCOCC1C(N)=O)=C1CNC1. The summed E-state index contributed by atoms with van der Waals surface area (Å²) in [6.45, 7) is 4.38. The van der Waals surface area contributed by atoms with Crippen LogP contribution in [0.5, 0.6) is 0 Å². The molecule has 2 amide bonds. The summed E-state index contributed by atoms with van der Waals surface area (Å²) in [4.78, 5) is 25.0. The average Bonchev–Trinajstić information content (AvgIpc) is 2.25. The van der Waals surface area contributed by atoms with Crippen molar-refractivity contribution in [2.45, 2.75) is 13.0 Å². The number of carbonyl (C=O) groups excluding carboxylic acids is 2. The molecular weight excluding hydrogens is 222 g/mol. The Morgan fingerprint density at radius 3 is 2.71 bits per heavy atom.